The van der Waals surface area contributed by atoms with E-state index in [1.54, 1.807) is 18.2 Å². The molecular weight excluding hydrogens is 517 g/mol. The number of aliphatic hydroxyl groups is 3. The first kappa shape index (κ1) is 25.3. The molecule has 1 aliphatic heterocycles. The molecule has 1 aliphatic rings. The molecule has 3 aromatic rings. The molecule has 2 aromatic carbocycles. The van der Waals surface area contributed by atoms with E-state index in [0.29, 0.717) is 9.92 Å². The second-order valence-electron chi connectivity index (χ2n) is 7.51. The molecule has 4 rings (SSSR count). The van der Waals surface area contributed by atoms with Crippen LogP contribution in [0.15, 0.2) is 50.5 Å². The van der Waals surface area contributed by atoms with E-state index < -0.39 is 60.3 Å². The summed E-state index contributed by atoms with van der Waals surface area (Å²) in [5.74, 6) is -2.30. The number of ether oxygens (including phenoxy) is 2. The van der Waals surface area contributed by atoms with E-state index in [-0.39, 0.29) is 21.6 Å². The number of thioether (sulfide) groups is 1. The highest BCUT2D eigenvalue weighted by atomic mass is 35.5. The summed E-state index contributed by atoms with van der Waals surface area (Å²) in [6.45, 7) is -1.07. The Morgan fingerprint density at radius 2 is 1.82 bits per heavy atom. The van der Waals surface area contributed by atoms with Gasteiger partial charge in [-0.15, -0.1) is 0 Å². The fourth-order valence-electron chi connectivity index (χ4n) is 3.49. The second kappa shape index (κ2) is 10.5. The summed E-state index contributed by atoms with van der Waals surface area (Å²) in [5.41, 5.74) is -2.13. The molecule has 1 fully saturated rings. The van der Waals surface area contributed by atoms with Crippen LogP contribution in [-0.2, 0) is 16.1 Å². The fraction of sp³-hybridized carbons (Fsp3) is 0.318. The zero-order valence-electron chi connectivity index (χ0n) is 17.2. The van der Waals surface area contributed by atoms with Gasteiger partial charge in [-0.1, -0.05) is 35.0 Å². The van der Waals surface area contributed by atoms with Gasteiger partial charge in [0.2, 0.25) is 0 Å². The van der Waals surface area contributed by atoms with E-state index in [1.807, 2.05) is 0 Å². The lowest BCUT2D eigenvalue weighted by molar-refractivity contribution is -0.223. The number of aliphatic hydroxyl groups excluding tert-OH is 3. The quantitative estimate of drug-likeness (QED) is 0.412. The van der Waals surface area contributed by atoms with E-state index in [1.165, 1.54) is 0 Å². The Kier molecular flexibility index (Phi) is 7.80. The molecule has 34 heavy (non-hydrogen) atoms. The molecule has 12 heteroatoms. The molecule has 0 amide bonds. The molecule has 5 atom stereocenters. The largest absolute Gasteiger partial charge is 0.422 e. The summed E-state index contributed by atoms with van der Waals surface area (Å²) < 4.78 is 43.9. The van der Waals surface area contributed by atoms with Gasteiger partial charge in [0, 0.05) is 4.90 Å². The SMILES string of the molecule is O=c1oc2ccc(F)c(F)c2cc1COC1C(O)C(CO)OC(Sc2ccc(Cl)c(Cl)c2)C1O. The highest BCUT2D eigenvalue weighted by Gasteiger charge is 2.45. The van der Waals surface area contributed by atoms with Crippen molar-refractivity contribution in [3.63, 3.8) is 0 Å². The van der Waals surface area contributed by atoms with E-state index in [9.17, 15) is 28.9 Å². The minimum atomic E-state index is -1.45. The molecule has 0 aliphatic carbocycles. The summed E-state index contributed by atoms with van der Waals surface area (Å²) in [4.78, 5) is 12.9. The molecule has 1 saturated heterocycles. The molecule has 0 saturated carbocycles. The molecule has 1 aromatic heterocycles. The van der Waals surface area contributed by atoms with Gasteiger partial charge < -0.3 is 29.2 Å². The average molecular weight is 535 g/mol. The topological polar surface area (TPSA) is 109 Å². The number of benzene rings is 2. The Bertz CT molecular complexity index is 1260. The van der Waals surface area contributed by atoms with Crippen molar-refractivity contribution in [1.82, 2.24) is 0 Å². The van der Waals surface area contributed by atoms with Crippen LogP contribution in [0, 0.1) is 11.6 Å². The van der Waals surface area contributed by atoms with Crippen molar-refractivity contribution in [3.05, 3.63) is 74.1 Å². The van der Waals surface area contributed by atoms with Crippen LogP contribution in [0.5, 0.6) is 0 Å². The van der Waals surface area contributed by atoms with Gasteiger partial charge in [0.25, 0.3) is 0 Å². The van der Waals surface area contributed by atoms with E-state index in [4.69, 9.17) is 37.1 Å². The molecule has 3 N–H and O–H groups in total. The number of rotatable bonds is 6. The minimum Gasteiger partial charge on any atom is -0.422 e. The van der Waals surface area contributed by atoms with Crippen molar-refractivity contribution in [2.45, 2.75) is 41.4 Å². The molecule has 0 bridgehead atoms. The third-order valence-corrected chi connectivity index (χ3v) is 7.16. The van der Waals surface area contributed by atoms with Crippen molar-refractivity contribution in [3.8, 4) is 0 Å². The van der Waals surface area contributed by atoms with Crippen LogP contribution >= 0.6 is 35.0 Å². The normalized spacial score (nSPS) is 25.1. The zero-order valence-corrected chi connectivity index (χ0v) is 19.5. The third-order valence-electron chi connectivity index (χ3n) is 5.27. The summed E-state index contributed by atoms with van der Waals surface area (Å²) >= 11 is 13.0. The van der Waals surface area contributed by atoms with E-state index in [0.717, 1.165) is 30.0 Å². The second-order valence-corrected chi connectivity index (χ2v) is 9.49. The third kappa shape index (κ3) is 5.09. The monoisotopic (exact) mass is 534 g/mol. The molecule has 0 radical (unpaired) electrons. The Morgan fingerprint density at radius 3 is 2.53 bits per heavy atom. The van der Waals surface area contributed by atoms with Crippen LogP contribution in [-0.4, -0.2) is 51.8 Å². The maximum Gasteiger partial charge on any atom is 0.341 e. The standard InChI is InChI=1S/C22H18Cl2F2O7S/c23-12-2-1-10(6-13(12)24)34-22-19(29)20(18(28)16(7-27)33-22)31-8-9-5-11-15(32-21(9)30)4-3-14(25)17(11)26/h1-6,16,18-20,22,27-29H,7-8H2. The van der Waals surface area contributed by atoms with Crippen molar-refractivity contribution < 1.29 is 38.0 Å². The lowest BCUT2D eigenvalue weighted by Gasteiger charge is -2.41. The van der Waals surface area contributed by atoms with E-state index >= 15 is 0 Å². The molecule has 7 nitrogen and oxygen atoms in total. The van der Waals surface area contributed by atoms with Gasteiger partial charge >= 0.3 is 5.63 Å². The number of hydrogen-bond donors (Lipinski definition) is 3. The van der Waals surface area contributed by atoms with Crippen molar-refractivity contribution >= 4 is 45.9 Å². The average Bonchev–Trinajstić information content (AvgIpc) is 2.81. The maximum atomic E-state index is 14.1. The smallest absolute Gasteiger partial charge is 0.341 e. The highest BCUT2D eigenvalue weighted by Crippen LogP contribution is 2.37. The van der Waals surface area contributed by atoms with Crippen LogP contribution in [0.4, 0.5) is 8.78 Å². The first-order valence-corrected chi connectivity index (χ1v) is 11.6. The predicted octanol–water partition coefficient (Wildman–Crippen LogP) is 3.49. The first-order valence-electron chi connectivity index (χ1n) is 9.96. The molecule has 2 heterocycles. The fourth-order valence-corrected chi connectivity index (χ4v) is 4.95. The van der Waals surface area contributed by atoms with Crippen LogP contribution in [0.25, 0.3) is 11.0 Å². The zero-order chi connectivity index (χ0) is 24.6. The van der Waals surface area contributed by atoms with Gasteiger partial charge in [0.1, 0.15) is 35.4 Å². The highest BCUT2D eigenvalue weighted by molar-refractivity contribution is 7.99. The van der Waals surface area contributed by atoms with Crippen LogP contribution in [0.3, 0.4) is 0 Å². The van der Waals surface area contributed by atoms with Gasteiger partial charge in [-0.3, -0.25) is 0 Å². The van der Waals surface area contributed by atoms with Gasteiger partial charge in [-0.2, -0.15) is 0 Å². The number of fused-ring (bicyclic) bond motifs is 1. The lowest BCUT2D eigenvalue weighted by atomic mass is 10.00. The molecule has 182 valence electrons. The van der Waals surface area contributed by atoms with Crippen LogP contribution in [0.2, 0.25) is 10.0 Å². The van der Waals surface area contributed by atoms with Crippen LogP contribution < -0.4 is 5.63 Å². The van der Waals surface area contributed by atoms with Gasteiger partial charge in [-0.05, 0) is 36.4 Å². The summed E-state index contributed by atoms with van der Waals surface area (Å²) in [6.07, 6.45) is -5.25. The van der Waals surface area contributed by atoms with Crippen molar-refractivity contribution in [2.75, 3.05) is 6.61 Å². The Morgan fingerprint density at radius 1 is 1.06 bits per heavy atom. The molecule has 0 spiro atoms. The molecular formula is C22H18Cl2F2O7S. The van der Waals surface area contributed by atoms with Crippen LogP contribution in [0.1, 0.15) is 5.56 Å². The lowest BCUT2D eigenvalue weighted by Crippen LogP contribution is -2.58. The van der Waals surface area contributed by atoms with Gasteiger partial charge in [0.15, 0.2) is 11.6 Å². The minimum absolute atomic E-state index is 0.141. The van der Waals surface area contributed by atoms with Crippen molar-refractivity contribution in [1.29, 1.82) is 0 Å². The number of halogens is 4. The summed E-state index contributed by atoms with van der Waals surface area (Å²) in [7, 11) is 0. The van der Waals surface area contributed by atoms with Gasteiger partial charge in [-0.25, -0.2) is 13.6 Å². The van der Waals surface area contributed by atoms with Gasteiger partial charge in [0.05, 0.1) is 34.2 Å². The Hall–Kier alpha value is -1.76. The maximum absolute atomic E-state index is 14.1. The summed E-state index contributed by atoms with van der Waals surface area (Å²) in [5, 5.41) is 31.3. The Labute approximate surface area is 205 Å². The van der Waals surface area contributed by atoms with Crippen molar-refractivity contribution in [2.24, 2.45) is 0 Å². The summed E-state index contributed by atoms with van der Waals surface area (Å²) in [6, 6.07) is 7.83. The van der Waals surface area contributed by atoms with E-state index in [2.05, 4.69) is 0 Å². The molecule has 5 unspecified atom stereocenters. The Balaban J connectivity index is 1.56. The first-order chi connectivity index (χ1) is 16.2. The predicted molar refractivity (Wildman–Crippen MR) is 121 cm³/mol. The number of hydrogen-bond acceptors (Lipinski definition) is 8.